The van der Waals surface area contributed by atoms with E-state index in [1.807, 2.05) is 12.1 Å². The van der Waals surface area contributed by atoms with Gasteiger partial charge >= 0.3 is 0 Å². The highest BCUT2D eigenvalue weighted by molar-refractivity contribution is 5.85. The summed E-state index contributed by atoms with van der Waals surface area (Å²) in [6.07, 6.45) is 2.80. The maximum Gasteiger partial charge on any atom is 0.220 e. The Labute approximate surface area is 145 Å². The summed E-state index contributed by atoms with van der Waals surface area (Å²) in [5.41, 5.74) is 1.31. The van der Waals surface area contributed by atoms with Gasteiger partial charge in [0.05, 0.1) is 6.54 Å². The summed E-state index contributed by atoms with van der Waals surface area (Å²) in [6, 6.07) is 8.16. The van der Waals surface area contributed by atoms with E-state index in [0.29, 0.717) is 31.4 Å². The predicted octanol–water partition coefficient (Wildman–Crippen LogP) is 3.12. The van der Waals surface area contributed by atoms with E-state index >= 15 is 0 Å². The highest BCUT2D eigenvalue weighted by atomic mass is 35.5. The summed E-state index contributed by atoms with van der Waals surface area (Å²) < 4.78 is 5.64. The van der Waals surface area contributed by atoms with E-state index in [1.165, 1.54) is 12.0 Å². The molecule has 1 amide bonds. The van der Waals surface area contributed by atoms with E-state index in [9.17, 15) is 4.79 Å². The molecule has 1 aromatic carbocycles. The fourth-order valence-corrected chi connectivity index (χ4v) is 2.69. The molecule has 23 heavy (non-hydrogen) atoms. The van der Waals surface area contributed by atoms with Gasteiger partial charge in [-0.15, -0.1) is 12.4 Å². The SMILES string of the molecule is CC(C)c1ccc(OCCNC(=O)CCC2CCNC2)cc1.Cl. The molecule has 1 heterocycles. The third-order valence-electron chi connectivity index (χ3n) is 4.18. The highest BCUT2D eigenvalue weighted by Crippen LogP contribution is 2.18. The van der Waals surface area contributed by atoms with Crippen molar-refractivity contribution in [3.05, 3.63) is 29.8 Å². The second-order valence-corrected chi connectivity index (χ2v) is 6.32. The topological polar surface area (TPSA) is 50.4 Å². The summed E-state index contributed by atoms with van der Waals surface area (Å²) in [4.78, 5) is 11.7. The van der Waals surface area contributed by atoms with Crippen LogP contribution in [0.1, 0.15) is 44.6 Å². The van der Waals surface area contributed by atoms with Gasteiger partial charge in [-0.1, -0.05) is 26.0 Å². The Morgan fingerprint density at radius 2 is 2.09 bits per heavy atom. The Kier molecular flexibility index (Phi) is 9.03. The van der Waals surface area contributed by atoms with Crippen LogP contribution in [0.15, 0.2) is 24.3 Å². The average molecular weight is 341 g/mol. The maximum absolute atomic E-state index is 11.7. The maximum atomic E-state index is 11.7. The molecule has 5 heteroatoms. The summed E-state index contributed by atoms with van der Waals surface area (Å²) in [5.74, 6) is 2.19. The molecule has 1 saturated heterocycles. The molecule has 0 aliphatic carbocycles. The molecule has 1 aliphatic heterocycles. The Balaban J connectivity index is 0.00000264. The largest absolute Gasteiger partial charge is 0.492 e. The van der Waals surface area contributed by atoms with Gasteiger partial charge < -0.3 is 15.4 Å². The minimum Gasteiger partial charge on any atom is -0.492 e. The standard InChI is InChI=1S/C18H28N2O2.ClH/c1-14(2)16-4-6-17(7-5-16)22-12-11-20-18(21)8-3-15-9-10-19-13-15;/h4-7,14-15,19H,3,8-13H2,1-2H3,(H,20,21);1H. The summed E-state index contributed by atoms with van der Waals surface area (Å²) in [7, 11) is 0. The summed E-state index contributed by atoms with van der Waals surface area (Å²) in [6.45, 7) is 7.57. The number of ether oxygens (including phenoxy) is 1. The number of hydrogen-bond acceptors (Lipinski definition) is 3. The van der Waals surface area contributed by atoms with E-state index in [0.717, 1.165) is 25.3 Å². The van der Waals surface area contributed by atoms with E-state index in [-0.39, 0.29) is 18.3 Å². The molecule has 1 unspecified atom stereocenters. The lowest BCUT2D eigenvalue weighted by Gasteiger charge is -2.10. The van der Waals surface area contributed by atoms with Crippen LogP contribution in [0, 0.1) is 5.92 Å². The zero-order valence-electron chi connectivity index (χ0n) is 14.1. The van der Waals surface area contributed by atoms with E-state index in [2.05, 4.69) is 36.6 Å². The van der Waals surface area contributed by atoms with Crippen LogP contribution in [-0.2, 0) is 4.79 Å². The molecule has 1 aliphatic rings. The first-order chi connectivity index (χ1) is 10.6. The van der Waals surface area contributed by atoms with E-state index in [4.69, 9.17) is 4.74 Å². The van der Waals surface area contributed by atoms with E-state index < -0.39 is 0 Å². The second-order valence-electron chi connectivity index (χ2n) is 6.32. The van der Waals surface area contributed by atoms with Crippen molar-refractivity contribution in [2.75, 3.05) is 26.2 Å². The summed E-state index contributed by atoms with van der Waals surface area (Å²) in [5, 5.41) is 6.25. The molecule has 130 valence electrons. The average Bonchev–Trinajstić information content (AvgIpc) is 3.03. The van der Waals surface area contributed by atoms with Crippen molar-refractivity contribution < 1.29 is 9.53 Å². The van der Waals surface area contributed by atoms with Gasteiger partial charge in [0.15, 0.2) is 0 Å². The number of hydrogen-bond donors (Lipinski definition) is 2. The highest BCUT2D eigenvalue weighted by Gasteiger charge is 2.15. The van der Waals surface area contributed by atoms with Crippen molar-refractivity contribution in [3.63, 3.8) is 0 Å². The van der Waals surface area contributed by atoms with Gasteiger partial charge in [0.1, 0.15) is 12.4 Å². The molecule has 0 saturated carbocycles. The quantitative estimate of drug-likeness (QED) is 0.715. The van der Waals surface area contributed by atoms with Gasteiger partial charge in [-0.2, -0.15) is 0 Å². The molecule has 2 rings (SSSR count). The third-order valence-corrected chi connectivity index (χ3v) is 4.18. The molecule has 2 N–H and O–H groups in total. The zero-order valence-corrected chi connectivity index (χ0v) is 15.0. The molecule has 0 bridgehead atoms. The van der Waals surface area contributed by atoms with Crippen LogP contribution in [0.2, 0.25) is 0 Å². The van der Waals surface area contributed by atoms with Gasteiger partial charge in [-0.05, 0) is 55.5 Å². The van der Waals surface area contributed by atoms with Crippen LogP contribution in [0.3, 0.4) is 0 Å². The molecule has 0 radical (unpaired) electrons. The Bertz CT molecular complexity index is 457. The minimum absolute atomic E-state index is 0. The molecular weight excluding hydrogens is 312 g/mol. The molecule has 4 nitrogen and oxygen atoms in total. The fourth-order valence-electron chi connectivity index (χ4n) is 2.69. The summed E-state index contributed by atoms with van der Waals surface area (Å²) >= 11 is 0. The van der Waals surface area contributed by atoms with Gasteiger partial charge in [0.25, 0.3) is 0 Å². The number of rotatable bonds is 8. The van der Waals surface area contributed by atoms with Crippen LogP contribution >= 0.6 is 12.4 Å². The Morgan fingerprint density at radius 3 is 2.70 bits per heavy atom. The van der Waals surface area contributed by atoms with Crippen molar-refractivity contribution in [2.45, 2.75) is 39.0 Å². The number of carbonyl (C=O) groups is 1. The first kappa shape index (κ1) is 19.8. The van der Waals surface area contributed by atoms with Crippen molar-refractivity contribution in [3.8, 4) is 5.75 Å². The first-order valence-corrected chi connectivity index (χ1v) is 8.35. The zero-order chi connectivity index (χ0) is 15.8. The first-order valence-electron chi connectivity index (χ1n) is 8.35. The second kappa shape index (κ2) is 10.5. The minimum atomic E-state index is 0. The Hall–Kier alpha value is -1.26. The molecule has 0 aromatic heterocycles. The van der Waals surface area contributed by atoms with Gasteiger partial charge in [0, 0.05) is 6.42 Å². The number of benzene rings is 1. The lowest BCUT2D eigenvalue weighted by molar-refractivity contribution is -0.121. The fraction of sp³-hybridized carbons (Fsp3) is 0.611. The lowest BCUT2D eigenvalue weighted by atomic mass is 10.0. The molecular formula is C18H29ClN2O2. The number of halogens is 1. The Morgan fingerprint density at radius 1 is 1.35 bits per heavy atom. The molecule has 1 atom stereocenters. The van der Waals surface area contributed by atoms with Crippen molar-refractivity contribution in [1.82, 2.24) is 10.6 Å². The van der Waals surface area contributed by atoms with Crippen molar-refractivity contribution in [1.29, 1.82) is 0 Å². The van der Waals surface area contributed by atoms with Gasteiger partial charge in [-0.25, -0.2) is 0 Å². The van der Waals surface area contributed by atoms with Crippen LogP contribution in [0.5, 0.6) is 5.75 Å². The van der Waals surface area contributed by atoms with Crippen LogP contribution in [0.25, 0.3) is 0 Å². The normalized spacial score (nSPS) is 16.9. The van der Waals surface area contributed by atoms with Crippen LogP contribution < -0.4 is 15.4 Å². The van der Waals surface area contributed by atoms with Crippen molar-refractivity contribution in [2.24, 2.45) is 5.92 Å². The van der Waals surface area contributed by atoms with Crippen molar-refractivity contribution >= 4 is 18.3 Å². The van der Waals surface area contributed by atoms with Gasteiger partial charge in [-0.3, -0.25) is 4.79 Å². The lowest BCUT2D eigenvalue weighted by Crippen LogP contribution is -2.28. The van der Waals surface area contributed by atoms with E-state index in [1.54, 1.807) is 0 Å². The number of amides is 1. The number of nitrogens with one attached hydrogen (secondary N) is 2. The third kappa shape index (κ3) is 7.23. The van der Waals surface area contributed by atoms with Crippen LogP contribution in [0.4, 0.5) is 0 Å². The van der Waals surface area contributed by atoms with Gasteiger partial charge in [0.2, 0.25) is 5.91 Å². The van der Waals surface area contributed by atoms with Crippen LogP contribution in [-0.4, -0.2) is 32.1 Å². The molecule has 1 fully saturated rings. The monoisotopic (exact) mass is 340 g/mol. The molecule has 1 aromatic rings. The molecule has 0 spiro atoms. The smallest absolute Gasteiger partial charge is 0.220 e. The number of carbonyl (C=O) groups excluding carboxylic acids is 1. The predicted molar refractivity (Wildman–Crippen MR) is 96.5 cm³/mol.